The quantitative estimate of drug-likeness (QED) is 0.252. The molecule has 0 radical (unpaired) electrons. The van der Waals surface area contributed by atoms with Gasteiger partial charge in [0.2, 0.25) is 0 Å². The van der Waals surface area contributed by atoms with Crippen LogP contribution in [0.1, 0.15) is 36.8 Å². The van der Waals surface area contributed by atoms with Crippen LogP contribution in [0.5, 0.6) is 0 Å². The molecule has 0 aromatic heterocycles. The van der Waals surface area contributed by atoms with Gasteiger partial charge in [0.05, 0.1) is 13.1 Å². The fraction of sp³-hybridized carbons (Fsp3) is 0.786. The summed E-state index contributed by atoms with van der Waals surface area (Å²) in [6.07, 6.45) is 4.34. The first-order valence-electron chi connectivity index (χ1n) is 14.9. The SMILES string of the molecule is [O-][N+]1(Cc2ccc(CN3CCCNCCNCCCNCC3)cc2)CCCNCCNCCCNCC1. The van der Waals surface area contributed by atoms with Crippen molar-refractivity contribution in [2.24, 2.45) is 0 Å². The third-order valence-electron chi connectivity index (χ3n) is 7.32. The second-order valence-corrected chi connectivity index (χ2v) is 10.7. The van der Waals surface area contributed by atoms with Crippen molar-refractivity contribution in [1.29, 1.82) is 0 Å². The van der Waals surface area contributed by atoms with Crippen LogP contribution < -0.4 is 31.9 Å². The number of hydrogen-bond donors (Lipinski definition) is 6. The second-order valence-electron chi connectivity index (χ2n) is 10.7. The van der Waals surface area contributed by atoms with Gasteiger partial charge in [-0.15, -0.1) is 0 Å². The first-order chi connectivity index (χ1) is 18.2. The lowest BCUT2D eigenvalue weighted by atomic mass is 10.1. The Kier molecular flexibility index (Phi) is 15.6. The summed E-state index contributed by atoms with van der Waals surface area (Å²) in [4.78, 5) is 2.56. The molecule has 2 aliphatic rings. The lowest BCUT2D eigenvalue weighted by Crippen LogP contribution is -2.47. The predicted octanol–water partition coefficient (Wildman–Crippen LogP) is 0.428. The van der Waals surface area contributed by atoms with Gasteiger partial charge in [-0.05, 0) is 64.1 Å². The first kappa shape index (κ1) is 30.4. The molecule has 37 heavy (non-hydrogen) atoms. The van der Waals surface area contributed by atoms with Crippen LogP contribution in [0.4, 0.5) is 0 Å². The van der Waals surface area contributed by atoms with Gasteiger partial charge in [0.15, 0.2) is 0 Å². The molecule has 2 aliphatic heterocycles. The molecule has 3 rings (SSSR count). The van der Waals surface area contributed by atoms with Crippen LogP contribution in [0.2, 0.25) is 0 Å². The van der Waals surface area contributed by atoms with Gasteiger partial charge < -0.3 is 41.8 Å². The zero-order valence-corrected chi connectivity index (χ0v) is 23.2. The van der Waals surface area contributed by atoms with Crippen molar-refractivity contribution in [3.05, 3.63) is 40.6 Å². The Balaban J connectivity index is 1.50. The highest BCUT2D eigenvalue weighted by Gasteiger charge is 2.18. The monoisotopic (exact) mass is 518 g/mol. The van der Waals surface area contributed by atoms with Gasteiger partial charge in [-0.3, -0.25) is 4.90 Å². The smallest absolute Gasteiger partial charge is 0.104 e. The van der Waals surface area contributed by atoms with Crippen molar-refractivity contribution >= 4 is 0 Å². The van der Waals surface area contributed by atoms with E-state index in [9.17, 15) is 5.21 Å². The van der Waals surface area contributed by atoms with E-state index in [1.807, 2.05) is 0 Å². The van der Waals surface area contributed by atoms with Gasteiger partial charge in [0, 0.05) is 70.9 Å². The molecule has 212 valence electrons. The van der Waals surface area contributed by atoms with E-state index >= 15 is 0 Å². The normalized spacial score (nSPS) is 26.1. The molecule has 1 aromatic carbocycles. The predicted molar refractivity (Wildman–Crippen MR) is 154 cm³/mol. The summed E-state index contributed by atoms with van der Waals surface area (Å²) >= 11 is 0. The van der Waals surface area contributed by atoms with Crippen molar-refractivity contribution in [1.82, 2.24) is 36.8 Å². The molecule has 2 heterocycles. The molecule has 9 nitrogen and oxygen atoms in total. The topological polar surface area (TPSA) is 98.5 Å². The lowest BCUT2D eigenvalue weighted by Gasteiger charge is -2.43. The van der Waals surface area contributed by atoms with Gasteiger partial charge in [-0.25, -0.2) is 0 Å². The fourth-order valence-electron chi connectivity index (χ4n) is 5.10. The van der Waals surface area contributed by atoms with Crippen LogP contribution in [-0.4, -0.2) is 114 Å². The molecule has 2 fully saturated rings. The summed E-state index contributed by atoms with van der Waals surface area (Å²) in [6.45, 7) is 16.9. The van der Waals surface area contributed by atoms with E-state index in [0.717, 1.165) is 123 Å². The Morgan fingerprint density at radius 1 is 0.541 bits per heavy atom. The molecule has 9 heteroatoms. The van der Waals surface area contributed by atoms with Gasteiger partial charge in [0.1, 0.15) is 6.54 Å². The van der Waals surface area contributed by atoms with Gasteiger partial charge in [0.25, 0.3) is 0 Å². The Labute approximate surface area is 225 Å². The fourth-order valence-corrected chi connectivity index (χ4v) is 5.10. The number of nitrogens with one attached hydrogen (secondary N) is 6. The molecular formula is C28H54N8O. The number of nitrogens with zero attached hydrogens (tertiary/aromatic N) is 2. The van der Waals surface area contributed by atoms with Crippen molar-refractivity contribution in [3.8, 4) is 0 Å². The number of hydroxylamine groups is 3. The van der Waals surface area contributed by atoms with E-state index < -0.39 is 0 Å². The molecule has 0 spiro atoms. The minimum absolute atomic E-state index is 0.146. The molecule has 0 aliphatic carbocycles. The van der Waals surface area contributed by atoms with Crippen molar-refractivity contribution in [2.75, 3.05) is 105 Å². The number of rotatable bonds is 4. The van der Waals surface area contributed by atoms with Crippen LogP contribution >= 0.6 is 0 Å². The van der Waals surface area contributed by atoms with Crippen LogP contribution in [-0.2, 0) is 13.1 Å². The molecule has 0 bridgehead atoms. The summed E-state index contributed by atoms with van der Waals surface area (Å²) in [5, 5.41) is 34.8. The third-order valence-corrected chi connectivity index (χ3v) is 7.32. The van der Waals surface area contributed by atoms with Gasteiger partial charge >= 0.3 is 0 Å². The van der Waals surface area contributed by atoms with Crippen molar-refractivity contribution < 1.29 is 4.65 Å². The maximum absolute atomic E-state index is 13.7. The van der Waals surface area contributed by atoms with E-state index in [0.29, 0.717) is 19.6 Å². The minimum atomic E-state index is -0.146. The molecule has 1 atom stereocenters. The largest absolute Gasteiger partial charge is 0.633 e. The first-order valence-corrected chi connectivity index (χ1v) is 14.9. The molecule has 1 aromatic rings. The highest BCUT2D eigenvalue weighted by molar-refractivity contribution is 5.22. The molecule has 0 amide bonds. The van der Waals surface area contributed by atoms with Gasteiger partial charge in [-0.2, -0.15) is 0 Å². The van der Waals surface area contributed by atoms with E-state index in [4.69, 9.17) is 0 Å². The summed E-state index contributed by atoms with van der Waals surface area (Å²) in [5.74, 6) is 0. The standard InChI is InChI=1S/C28H54N8O/c37-36(23-4-14-32-18-16-30-10-2-12-34-20-24-36)26-28-7-5-27(6-8-28)25-35-21-3-13-31-17-15-29-9-1-11-33-19-22-35/h5-8,29-34H,1-4,9-26H2. The summed E-state index contributed by atoms with van der Waals surface area (Å²) in [5.41, 5.74) is 2.48. The van der Waals surface area contributed by atoms with Crippen molar-refractivity contribution in [2.45, 2.75) is 38.8 Å². The zero-order valence-electron chi connectivity index (χ0n) is 23.2. The Hall–Kier alpha value is -1.14. The number of hydrogen-bond acceptors (Lipinski definition) is 8. The lowest BCUT2D eigenvalue weighted by molar-refractivity contribution is -0.893. The maximum Gasteiger partial charge on any atom is 0.104 e. The average Bonchev–Trinajstić information content (AvgIpc) is 2.90. The second kappa shape index (κ2) is 19.0. The van der Waals surface area contributed by atoms with Crippen LogP contribution in [0.25, 0.3) is 0 Å². The van der Waals surface area contributed by atoms with Crippen LogP contribution in [0.15, 0.2) is 24.3 Å². The van der Waals surface area contributed by atoms with E-state index in [-0.39, 0.29) is 4.65 Å². The number of benzene rings is 1. The van der Waals surface area contributed by atoms with Crippen molar-refractivity contribution in [3.63, 3.8) is 0 Å². The molecule has 1 unspecified atom stereocenters. The molecule has 2 saturated heterocycles. The maximum atomic E-state index is 13.7. The highest BCUT2D eigenvalue weighted by Crippen LogP contribution is 2.16. The zero-order chi connectivity index (χ0) is 25.9. The molecule has 6 N–H and O–H groups in total. The average molecular weight is 519 g/mol. The van der Waals surface area contributed by atoms with E-state index in [2.05, 4.69) is 61.1 Å². The minimum Gasteiger partial charge on any atom is -0.633 e. The molecule has 0 saturated carbocycles. The Bertz CT molecular complexity index is 661. The summed E-state index contributed by atoms with van der Waals surface area (Å²) in [7, 11) is 0. The van der Waals surface area contributed by atoms with Gasteiger partial charge in [-0.1, -0.05) is 24.3 Å². The van der Waals surface area contributed by atoms with E-state index in [1.165, 1.54) is 12.0 Å². The van der Waals surface area contributed by atoms with E-state index in [1.54, 1.807) is 0 Å². The van der Waals surface area contributed by atoms with Crippen LogP contribution in [0.3, 0.4) is 0 Å². The third kappa shape index (κ3) is 14.0. The Morgan fingerprint density at radius 2 is 1.05 bits per heavy atom. The highest BCUT2D eigenvalue weighted by atomic mass is 16.5. The Morgan fingerprint density at radius 3 is 1.70 bits per heavy atom. The van der Waals surface area contributed by atoms with Crippen LogP contribution in [0, 0.1) is 5.21 Å². The molecular weight excluding hydrogens is 464 g/mol. The summed E-state index contributed by atoms with van der Waals surface area (Å²) in [6, 6.07) is 8.85. The summed E-state index contributed by atoms with van der Waals surface area (Å²) < 4.78 is -0.146. The number of quaternary nitrogens is 1.